The molecule has 176 valence electrons. The third-order valence-corrected chi connectivity index (χ3v) is 6.57. The van der Waals surface area contributed by atoms with E-state index in [1.807, 2.05) is 17.0 Å². The Kier molecular flexibility index (Phi) is 7.17. The summed E-state index contributed by atoms with van der Waals surface area (Å²) in [7, 11) is 0. The number of aromatic nitrogens is 2. The van der Waals surface area contributed by atoms with Crippen molar-refractivity contribution in [3.63, 3.8) is 0 Å². The molecular weight excluding hydrogens is 444 g/mol. The van der Waals surface area contributed by atoms with Gasteiger partial charge in [-0.05, 0) is 36.5 Å². The second-order valence-electron chi connectivity index (χ2n) is 8.53. The van der Waals surface area contributed by atoms with Gasteiger partial charge >= 0.3 is 12.1 Å². The van der Waals surface area contributed by atoms with Crippen LogP contribution in [0.5, 0.6) is 0 Å². The van der Waals surface area contributed by atoms with Gasteiger partial charge < -0.3 is 25.1 Å². The van der Waals surface area contributed by atoms with E-state index in [-0.39, 0.29) is 19.1 Å². The summed E-state index contributed by atoms with van der Waals surface area (Å²) in [6.45, 7) is 5.61. The van der Waals surface area contributed by atoms with Gasteiger partial charge in [-0.3, -0.25) is 0 Å². The number of halogens is 1. The lowest BCUT2D eigenvalue weighted by molar-refractivity contribution is 0.146. The fraction of sp³-hybridized carbons (Fsp3) is 0.478. The molecule has 2 aliphatic rings. The molecule has 1 aromatic carbocycles. The van der Waals surface area contributed by atoms with Gasteiger partial charge in [-0.15, -0.1) is 0 Å². The highest BCUT2D eigenvalue weighted by atomic mass is 35.5. The molecule has 0 spiro atoms. The molecule has 2 aromatic rings. The highest BCUT2D eigenvalue weighted by molar-refractivity contribution is 6.30. The molecule has 0 saturated carbocycles. The SMILES string of the molecule is CC1CCc2ncnc(N3CCN(C(=O)N(CCNC(=O)O)Cc4ccc(Cl)cc4)CC3)c21. The van der Waals surface area contributed by atoms with Gasteiger partial charge in [0.1, 0.15) is 12.1 Å². The maximum atomic E-state index is 13.3. The number of amides is 3. The number of fused-ring (bicyclic) bond motifs is 1. The zero-order chi connectivity index (χ0) is 23.4. The first kappa shape index (κ1) is 23.1. The fourth-order valence-corrected chi connectivity index (χ4v) is 4.66. The molecule has 1 atom stereocenters. The van der Waals surface area contributed by atoms with E-state index in [0.29, 0.717) is 43.7 Å². The number of hydrogen-bond acceptors (Lipinski definition) is 5. The molecule has 0 bridgehead atoms. The summed E-state index contributed by atoms with van der Waals surface area (Å²) in [5, 5.41) is 11.9. The second-order valence-corrected chi connectivity index (χ2v) is 8.97. The molecule has 1 aliphatic carbocycles. The van der Waals surface area contributed by atoms with Crippen LogP contribution < -0.4 is 10.2 Å². The molecule has 10 heteroatoms. The average Bonchev–Trinajstić information content (AvgIpc) is 3.20. The van der Waals surface area contributed by atoms with Gasteiger partial charge in [0.05, 0.1) is 0 Å². The van der Waals surface area contributed by atoms with Crippen molar-refractivity contribution in [2.24, 2.45) is 0 Å². The van der Waals surface area contributed by atoms with E-state index in [4.69, 9.17) is 16.7 Å². The lowest BCUT2D eigenvalue weighted by atomic mass is 10.1. The lowest BCUT2D eigenvalue weighted by Gasteiger charge is -2.38. The minimum atomic E-state index is -1.10. The second kappa shape index (κ2) is 10.2. The van der Waals surface area contributed by atoms with Gasteiger partial charge in [0.2, 0.25) is 0 Å². The van der Waals surface area contributed by atoms with Gasteiger partial charge in [0.25, 0.3) is 0 Å². The first-order chi connectivity index (χ1) is 15.9. The Labute approximate surface area is 198 Å². The maximum Gasteiger partial charge on any atom is 0.404 e. The molecule has 0 radical (unpaired) electrons. The smallest absolute Gasteiger partial charge is 0.404 e. The Bertz CT molecular complexity index is 994. The standard InChI is InChI=1S/C23H29ClN6O3/c1-16-2-7-19-20(16)21(27-15-26-19)28-10-12-29(13-11-28)23(33)30(9-8-25-22(31)32)14-17-3-5-18(24)6-4-17/h3-6,15-16,25H,2,7-14H2,1H3,(H,31,32). The zero-order valence-corrected chi connectivity index (χ0v) is 19.5. The fourth-order valence-electron chi connectivity index (χ4n) is 4.53. The van der Waals surface area contributed by atoms with Crippen LogP contribution in [-0.2, 0) is 13.0 Å². The number of hydrogen-bond donors (Lipinski definition) is 2. The third kappa shape index (κ3) is 5.47. The Hall–Kier alpha value is -3.07. The minimum Gasteiger partial charge on any atom is -0.465 e. The van der Waals surface area contributed by atoms with Gasteiger partial charge in [0, 0.05) is 62.1 Å². The molecule has 1 saturated heterocycles. The van der Waals surface area contributed by atoms with Crippen molar-refractivity contribution in [1.29, 1.82) is 0 Å². The Balaban J connectivity index is 1.41. The van der Waals surface area contributed by atoms with Crippen molar-refractivity contribution in [2.45, 2.75) is 32.2 Å². The number of carbonyl (C=O) groups excluding carboxylic acids is 1. The van der Waals surface area contributed by atoms with Gasteiger partial charge in [-0.1, -0.05) is 30.7 Å². The summed E-state index contributed by atoms with van der Waals surface area (Å²) < 4.78 is 0. The number of nitrogens with one attached hydrogen (secondary N) is 1. The van der Waals surface area contributed by atoms with Gasteiger partial charge in [-0.2, -0.15) is 0 Å². The molecule has 3 amide bonds. The van der Waals surface area contributed by atoms with Crippen LogP contribution in [0.4, 0.5) is 15.4 Å². The van der Waals surface area contributed by atoms with Crippen molar-refractivity contribution in [2.75, 3.05) is 44.2 Å². The first-order valence-corrected chi connectivity index (χ1v) is 11.6. The minimum absolute atomic E-state index is 0.0990. The number of carboxylic acid groups (broad SMARTS) is 1. The predicted molar refractivity (Wildman–Crippen MR) is 126 cm³/mol. The van der Waals surface area contributed by atoms with Crippen LogP contribution in [0.3, 0.4) is 0 Å². The van der Waals surface area contributed by atoms with E-state index in [9.17, 15) is 9.59 Å². The summed E-state index contributed by atoms with van der Waals surface area (Å²) in [4.78, 5) is 39.0. The van der Waals surface area contributed by atoms with Crippen molar-refractivity contribution in [1.82, 2.24) is 25.1 Å². The van der Waals surface area contributed by atoms with E-state index >= 15 is 0 Å². The number of carbonyl (C=O) groups is 2. The predicted octanol–water partition coefficient (Wildman–Crippen LogP) is 3.19. The van der Waals surface area contributed by atoms with E-state index in [0.717, 1.165) is 29.9 Å². The molecule has 1 fully saturated rings. The molecule has 1 aliphatic heterocycles. The third-order valence-electron chi connectivity index (χ3n) is 6.32. The summed E-state index contributed by atoms with van der Waals surface area (Å²) in [6.07, 6.45) is 2.64. The van der Waals surface area contributed by atoms with Crippen LogP contribution in [0.15, 0.2) is 30.6 Å². The van der Waals surface area contributed by atoms with Crippen molar-refractivity contribution < 1.29 is 14.7 Å². The van der Waals surface area contributed by atoms with Crippen LogP contribution in [0, 0.1) is 0 Å². The van der Waals surface area contributed by atoms with Crippen LogP contribution in [0.1, 0.15) is 36.1 Å². The summed E-state index contributed by atoms with van der Waals surface area (Å²) in [5.74, 6) is 1.45. The number of benzene rings is 1. The quantitative estimate of drug-likeness (QED) is 0.669. The highest BCUT2D eigenvalue weighted by Gasteiger charge is 2.30. The Morgan fingerprint density at radius 3 is 2.61 bits per heavy atom. The molecule has 1 unspecified atom stereocenters. The van der Waals surface area contributed by atoms with E-state index in [1.165, 1.54) is 5.56 Å². The highest BCUT2D eigenvalue weighted by Crippen LogP contribution is 2.37. The normalized spacial score (nSPS) is 17.6. The first-order valence-electron chi connectivity index (χ1n) is 11.3. The Morgan fingerprint density at radius 1 is 1.18 bits per heavy atom. The zero-order valence-electron chi connectivity index (χ0n) is 18.7. The average molecular weight is 473 g/mol. The molecule has 33 heavy (non-hydrogen) atoms. The number of rotatable bonds is 6. The van der Waals surface area contributed by atoms with Crippen LogP contribution in [-0.4, -0.2) is 76.3 Å². The molecule has 9 nitrogen and oxygen atoms in total. The number of anilines is 1. The summed E-state index contributed by atoms with van der Waals surface area (Å²) >= 11 is 5.98. The van der Waals surface area contributed by atoms with E-state index in [1.54, 1.807) is 23.4 Å². The molecule has 1 aromatic heterocycles. The summed E-state index contributed by atoms with van der Waals surface area (Å²) in [5.41, 5.74) is 3.33. The maximum absolute atomic E-state index is 13.3. The molecular formula is C23H29ClN6O3. The van der Waals surface area contributed by atoms with Gasteiger partial charge in [0.15, 0.2) is 0 Å². The number of nitrogens with zero attached hydrogens (tertiary/aromatic N) is 5. The van der Waals surface area contributed by atoms with Crippen molar-refractivity contribution >= 4 is 29.5 Å². The van der Waals surface area contributed by atoms with Crippen LogP contribution in [0.2, 0.25) is 5.02 Å². The van der Waals surface area contributed by atoms with Crippen molar-refractivity contribution in [3.8, 4) is 0 Å². The number of urea groups is 1. The number of piperazine rings is 1. The lowest BCUT2D eigenvalue weighted by Crippen LogP contribution is -2.54. The van der Waals surface area contributed by atoms with Crippen molar-refractivity contribution in [3.05, 3.63) is 52.4 Å². The monoisotopic (exact) mass is 472 g/mol. The topological polar surface area (TPSA) is 102 Å². The van der Waals surface area contributed by atoms with Crippen LogP contribution >= 0.6 is 11.6 Å². The van der Waals surface area contributed by atoms with Gasteiger partial charge in [-0.25, -0.2) is 19.6 Å². The summed E-state index contributed by atoms with van der Waals surface area (Å²) in [6, 6.07) is 7.23. The molecule has 2 heterocycles. The molecule has 2 N–H and O–H groups in total. The molecule has 4 rings (SSSR count). The largest absolute Gasteiger partial charge is 0.465 e. The Morgan fingerprint density at radius 2 is 1.91 bits per heavy atom. The van der Waals surface area contributed by atoms with E-state index in [2.05, 4.69) is 27.1 Å². The van der Waals surface area contributed by atoms with Crippen LogP contribution in [0.25, 0.3) is 0 Å². The number of aryl methyl sites for hydroxylation is 1. The van der Waals surface area contributed by atoms with E-state index < -0.39 is 6.09 Å².